The average Bonchev–Trinajstić information content (AvgIpc) is 1.79. The van der Waals surface area contributed by atoms with Gasteiger partial charge in [0.1, 0.15) is 0 Å². The Morgan fingerprint density at radius 2 is 2.30 bits per heavy atom. The van der Waals surface area contributed by atoms with E-state index in [1.165, 1.54) is 5.01 Å². The van der Waals surface area contributed by atoms with Crippen molar-refractivity contribution >= 4 is 12.2 Å². The molecule has 0 atom stereocenters. The topological polar surface area (TPSA) is 44.7 Å². The lowest BCUT2D eigenvalue weighted by Gasteiger charge is -2.28. The first-order valence-corrected chi connectivity index (χ1v) is 3.12. The van der Waals surface area contributed by atoms with Gasteiger partial charge in [0.25, 0.3) is 0 Å². The Bertz CT molecular complexity index is 185. The summed E-state index contributed by atoms with van der Waals surface area (Å²) in [6.07, 6.45) is 1.70. The second kappa shape index (κ2) is 1.97. The molecule has 0 unspecified atom stereocenters. The first kappa shape index (κ1) is 7.05. The molecule has 2 amide bonds. The fraction of sp³-hybridized carbons (Fsp3) is 0.667. The molecular weight excluding hydrogens is 130 g/mol. The van der Waals surface area contributed by atoms with Crippen LogP contribution in [0.4, 0.5) is 4.79 Å². The van der Waals surface area contributed by atoms with Crippen LogP contribution >= 0.6 is 0 Å². The molecule has 1 aliphatic heterocycles. The standard InChI is InChI=1S/C6H11N3O/c1-6(2)4-7-9(3)5(10)8-6/h4H,1-3H3,(H,8,10). The summed E-state index contributed by atoms with van der Waals surface area (Å²) in [6.45, 7) is 3.78. The SMILES string of the molecule is CN1N=CC(C)(C)NC1=O. The molecule has 0 saturated carbocycles. The largest absolute Gasteiger partial charge is 0.338 e. The minimum Gasteiger partial charge on any atom is -0.327 e. The number of urea groups is 1. The van der Waals surface area contributed by atoms with Crippen molar-refractivity contribution in [2.75, 3.05) is 7.05 Å². The van der Waals surface area contributed by atoms with Gasteiger partial charge in [-0.2, -0.15) is 5.10 Å². The minimum absolute atomic E-state index is 0.160. The summed E-state index contributed by atoms with van der Waals surface area (Å²) in [5.74, 6) is 0. The number of carbonyl (C=O) groups excluding carboxylic acids is 1. The van der Waals surface area contributed by atoms with Gasteiger partial charge in [-0.25, -0.2) is 9.80 Å². The van der Waals surface area contributed by atoms with E-state index in [1.54, 1.807) is 13.3 Å². The lowest BCUT2D eigenvalue weighted by atomic mass is 10.1. The van der Waals surface area contributed by atoms with Crippen LogP contribution in [0, 0.1) is 0 Å². The van der Waals surface area contributed by atoms with Crippen LogP contribution in [0.2, 0.25) is 0 Å². The Morgan fingerprint density at radius 3 is 2.70 bits per heavy atom. The van der Waals surface area contributed by atoms with Crippen molar-refractivity contribution in [3.8, 4) is 0 Å². The Labute approximate surface area is 59.9 Å². The minimum atomic E-state index is -0.302. The molecule has 0 aromatic heterocycles. The number of hydrogen-bond donors (Lipinski definition) is 1. The lowest BCUT2D eigenvalue weighted by Crippen LogP contribution is -2.52. The third kappa shape index (κ3) is 1.26. The van der Waals surface area contributed by atoms with E-state index in [1.807, 2.05) is 13.8 Å². The Balaban J connectivity index is 2.79. The summed E-state index contributed by atoms with van der Waals surface area (Å²) in [7, 11) is 1.61. The number of rotatable bonds is 0. The zero-order valence-electron chi connectivity index (χ0n) is 6.38. The van der Waals surface area contributed by atoms with Crippen LogP contribution < -0.4 is 5.32 Å². The number of amides is 2. The maximum atomic E-state index is 10.9. The quantitative estimate of drug-likeness (QED) is 0.521. The molecule has 10 heavy (non-hydrogen) atoms. The average molecular weight is 141 g/mol. The number of carbonyl (C=O) groups is 1. The van der Waals surface area contributed by atoms with Crippen molar-refractivity contribution in [3.63, 3.8) is 0 Å². The third-order valence-electron chi connectivity index (χ3n) is 1.28. The van der Waals surface area contributed by atoms with Crippen molar-refractivity contribution in [2.24, 2.45) is 5.10 Å². The summed E-state index contributed by atoms with van der Waals surface area (Å²) < 4.78 is 0. The summed E-state index contributed by atoms with van der Waals surface area (Å²) in [6, 6.07) is -0.160. The lowest BCUT2D eigenvalue weighted by molar-refractivity contribution is 0.200. The highest BCUT2D eigenvalue weighted by molar-refractivity contribution is 5.85. The van der Waals surface area contributed by atoms with E-state index in [4.69, 9.17) is 0 Å². The highest BCUT2D eigenvalue weighted by Crippen LogP contribution is 2.04. The van der Waals surface area contributed by atoms with Crippen LogP contribution in [-0.4, -0.2) is 29.8 Å². The molecule has 0 spiro atoms. The van der Waals surface area contributed by atoms with E-state index in [9.17, 15) is 4.79 Å². The second-order valence-electron chi connectivity index (χ2n) is 2.92. The van der Waals surface area contributed by atoms with Crippen molar-refractivity contribution in [1.29, 1.82) is 0 Å². The van der Waals surface area contributed by atoms with Crippen molar-refractivity contribution in [3.05, 3.63) is 0 Å². The van der Waals surface area contributed by atoms with Crippen molar-refractivity contribution in [2.45, 2.75) is 19.4 Å². The van der Waals surface area contributed by atoms with Gasteiger partial charge >= 0.3 is 6.03 Å². The van der Waals surface area contributed by atoms with Gasteiger partial charge in [0.15, 0.2) is 0 Å². The van der Waals surface area contributed by atoms with Gasteiger partial charge in [0, 0.05) is 7.05 Å². The monoisotopic (exact) mass is 141 g/mol. The summed E-state index contributed by atoms with van der Waals surface area (Å²) >= 11 is 0. The van der Waals surface area contributed by atoms with Gasteiger partial charge in [-0.15, -0.1) is 0 Å². The van der Waals surface area contributed by atoms with Crippen LogP contribution in [0.15, 0.2) is 5.10 Å². The molecule has 56 valence electrons. The van der Waals surface area contributed by atoms with E-state index in [0.717, 1.165) is 0 Å². The summed E-state index contributed by atoms with van der Waals surface area (Å²) in [5.41, 5.74) is -0.302. The summed E-state index contributed by atoms with van der Waals surface area (Å²) in [4.78, 5) is 10.9. The molecule has 1 aliphatic rings. The van der Waals surface area contributed by atoms with Gasteiger partial charge in [-0.05, 0) is 13.8 Å². The molecular formula is C6H11N3O. The van der Waals surface area contributed by atoms with Crippen LogP contribution in [0.1, 0.15) is 13.8 Å². The molecule has 0 bridgehead atoms. The molecule has 1 rings (SSSR count). The zero-order chi connectivity index (χ0) is 7.78. The highest BCUT2D eigenvalue weighted by atomic mass is 16.2. The van der Waals surface area contributed by atoms with Gasteiger partial charge in [-0.3, -0.25) is 0 Å². The molecule has 0 saturated heterocycles. The molecule has 0 radical (unpaired) electrons. The van der Waals surface area contributed by atoms with Crippen LogP contribution in [-0.2, 0) is 0 Å². The van der Waals surface area contributed by atoms with Crippen LogP contribution in [0.3, 0.4) is 0 Å². The smallest absolute Gasteiger partial charge is 0.327 e. The van der Waals surface area contributed by atoms with Gasteiger partial charge in [0.05, 0.1) is 11.8 Å². The van der Waals surface area contributed by atoms with E-state index < -0.39 is 0 Å². The molecule has 0 aromatic rings. The predicted octanol–water partition coefficient (Wildman–Crippen LogP) is 0.406. The van der Waals surface area contributed by atoms with E-state index in [2.05, 4.69) is 10.4 Å². The normalized spacial score (nSPS) is 22.7. The number of hydrogen-bond acceptors (Lipinski definition) is 2. The highest BCUT2D eigenvalue weighted by Gasteiger charge is 2.24. The molecule has 4 heteroatoms. The molecule has 0 aromatic carbocycles. The Kier molecular flexibility index (Phi) is 1.39. The zero-order valence-corrected chi connectivity index (χ0v) is 6.38. The van der Waals surface area contributed by atoms with Crippen LogP contribution in [0.25, 0.3) is 0 Å². The van der Waals surface area contributed by atoms with Gasteiger partial charge < -0.3 is 5.32 Å². The van der Waals surface area contributed by atoms with E-state index in [-0.39, 0.29) is 11.6 Å². The maximum absolute atomic E-state index is 10.9. The maximum Gasteiger partial charge on any atom is 0.338 e. The first-order chi connectivity index (χ1) is 4.51. The fourth-order valence-electron chi connectivity index (χ4n) is 0.672. The molecule has 1 heterocycles. The fourth-order valence-corrected chi connectivity index (χ4v) is 0.672. The summed E-state index contributed by atoms with van der Waals surface area (Å²) in [5, 5.41) is 7.87. The number of hydrazone groups is 1. The number of nitrogens with zero attached hydrogens (tertiary/aromatic N) is 2. The number of nitrogens with one attached hydrogen (secondary N) is 1. The van der Waals surface area contributed by atoms with Gasteiger partial charge in [0.2, 0.25) is 0 Å². The van der Waals surface area contributed by atoms with E-state index in [0.29, 0.717) is 0 Å². The first-order valence-electron chi connectivity index (χ1n) is 3.12. The van der Waals surface area contributed by atoms with Gasteiger partial charge in [-0.1, -0.05) is 0 Å². The van der Waals surface area contributed by atoms with Crippen molar-refractivity contribution < 1.29 is 4.79 Å². The Hall–Kier alpha value is -1.06. The molecule has 1 N–H and O–H groups in total. The van der Waals surface area contributed by atoms with Crippen molar-refractivity contribution in [1.82, 2.24) is 10.3 Å². The second-order valence-corrected chi connectivity index (χ2v) is 2.92. The molecule has 0 fully saturated rings. The Morgan fingerprint density at radius 1 is 1.70 bits per heavy atom. The van der Waals surface area contributed by atoms with Crippen LogP contribution in [0.5, 0.6) is 0 Å². The van der Waals surface area contributed by atoms with E-state index >= 15 is 0 Å². The molecule has 4 nitrogen and oxygen atoms in total. The molecule has 0 aliphatic carbocycles. The predicted molar refractivity (Wildman–Crippen MR) is 38.9 cm³/mol. The third-order valence-corrected chi connectivity index (χ3v) is 1.28.